The molecule has 5 rings (SSSR count). The van der Waals surface area contributed by atoms with Gasteiger partial charge in [0.2, 0.25) is 5.95 Å². The van der Waals surface area contributed by atoms with Crippen molar-refractivity contribution in [1.29, 1.82) is 0 Å². The standard InChI is InChI=1S/C29H30N6O2/c1-20-18-30-29(31-19-20)35-15-13-34(14-16-35)24-11-9-23(10-12-24)32-28(37)27(36)26-25(17-21(2)33(26)3)22-7-5-4-6-8-22/h4-12,17-19H,13-16H2,1-3H3,(H,32,37)/i9D,10D,11D,12D. The molecule has 0 atom stereocenters. The summed E-state index contributed by atoms with van der Waals surface area (Å²) in [6.45, 7) is 5.69. The fourth-order valence-electron chi connectivity index (χ4n) is 4.33. The van der Waals surface area contributed by atoms with Crippen LogP contribution < -0.4 is 15.1 Å². The van der Waals surface area contributed by atoms with Crippen LogP contribution in [0.5, 0.6) is 0 Å². The first kappa shape index (κ1) is 19.7. The highest BCUT2D eigenvalue weighted by molar-refractivity contribution is 6.47. The minimum Gasteiger partial charge on any atom is -0.368 e. The van der Waals surface area contributed by atoms with Gasteiger partial charge < -0.3 is 19.7 Å². The van der Waals surface area contributed by atoms with Crippen molar-refractivity contribution in [3.8, 4) is 11.1 Å². The van der Waals surface area contributed by atoms with Gasteiger partial charge in [-0.3, -0.25) is 9.59 Å². The Bertz CT molecular complexity index is 1600. The van der Waals surface area contributed by atoms with Crippen molar-refractivity contribution >= 4 is 29.0 Å². The van der Waals surface area contributed by atoms with Crippen LogP contribution in [0.15, 0.2) is 73.0 Å². The number of piperazine rings is 1. The predicted molar refractivity (Wildman–Crippen MR) is 146 cm³/mol. The third kappa shape index (κ3) is 5.09. The van der Waals surface area contributed by atoms with Crippen molar-refractivity contribution in [1.82, 2.24) is 14.5 Å². The molecular weight excluding hydrogens is 464 g/mol. The highest BCUT2D eigenvalue weighted by atomic mass is 16.2. The number of anilines is 3. The molecule has 1 N–H and O–H groups in total. The minimum absolute atomic E-state index is 0.151. The SMILES string of the molecule is [2H]c1c([2H])c(N2CCN(c3ncc(C)cn3)CC2)c([2H])c([2H])c1NC(=O)C(=O)c1c(-c2ccccc2)cc(C)n1C. The maximum Gasteiger partial charge on any atom is 0.298 e. The second-order valence-corrected chi connectivity index (χ2v) is 9.01. The fraction of sp³-hybridized carbons (Fsp3) is 0.241. The first-order chi connectivity index (χ1) is 19.6. The van der Waals surface area contributed by atoms with E-state index in [2.05, 4.69) is 15.3 Å². The zero-order valence-electron chi connectivity index (χ0n) is 25.0. The van der Waals surface area contributed by atoms with E-state index in [0.717, 1.165) is 16.8 Å². The van der Waals surface area contributed by atoms with Gasteiger partial charge in [-0.15, -0.1) is 0 Å². The predicted octanol–water partition coefficient (Wildman–Crippen LogP) is 4.25. The maximum absolute atomic E-state index is 13.4. The third-order valence-electron chi connectivity index (χ3n) is 6.48. The van der Waals surface area contributed by atoms with E-state index in [1.165, 1.54) is 0 Å². The van der Waals surface area contributed by atoms with Gasteiger partial charge >= 0.3 is 0 Å². The van der Waals surface area contributed by atoms with E-state index in [1.54, 1.807) is 28.9 Å². The molecule has 0 saturated carbocycles. The zero-order chi connectivity index (χ0) is 29.4. The summed E-state index contributed by atoms with van der Waals surface area (Å²) in [4.78, 5) is 39.1. The van der Waals surface area contributed by atoms with Crippen LogP contribution in [0, 0.1) is 13.8 Å². The Morgan fingerprint density at radius 3 is 2.19 bits per heavy atom. The first-order valence-corrected chi connectivity index (χ1v) is 12.0. The van der Waals surface area contributed by atoms with Crippen LogP contribution in [-0.2, 0) is 11.8 Å². The summed E-state index contributed by atoms with van der Waals surface area (Å²) in [7, 11) is 1.69. The number of carbonyl (C=O) groups excluding carboxylic acids is 2. The van der Waals surface area contributed by atoms with Crippen LogP contribution in [0.25, 0.3) is 11.1 Å². The Morgan fingerprint density at radius 2 is 1.54 bits per heavy atom. The molecule has 0 unspecified atom stereocenters. The molecule has 1 saturated heterocycles. The van der Waals surface area contributed by atoms with Crippen LogP contribution in [0.3, 0.4) is 0 Å². The van der Waals surface area contributed by atoms with Crippen molar-refractivity contribution in [3.05, 3.63) is 89.9 Å². The summed E-state index contributed by atoms with van der Waals surface area (Å²) in [6.07, 6.45) is 3.49. The van der Waals surface area contributed by atoms with Gasteiger partial charge in [0.15, 0.2) is 0 Å². The van der Waals surface area contributed by atoms with E-state index in [4.69, 9.17) is 5.48 Å². The van der Waals surface area contributed by atoms with Gasteiger partial charge in [-0.2, -0.15) is 0 Å². The number of hydrogen-bond acceptors (Lipinski definition) is 6. The van der Waals surface area contributed by atoms with Crippen LogP contribution in [-0.4, -0.2) is 52.4 Å². The van der Waals surface area contributed by atoms with Crippen molar-refractivity contribution in [2.45, 2.75) is 13.8 Å². The van der Waals surface area contributed by atoms with Crippen LogP contribution in [0.4, 0.5) is 17.3 Å². The van der Waals surface area contributed by atoms with E-state index in [0.29, 0.717) is 37.7 Å². The fourth-order valence-corrected chi connectivity index (χ4v) is 4.33. The number of hydrogen-bond donors (Lipinski definition) is 1. The number of aromatic nitrogens is 3. The number of carbonyl (C=O) groups is 2. The van der Waals surface area contributed by atoms with Crippen molar-refractivity contribution in [2.75, 3.05) is 41.3 Å². The number of nitrogens with zero attached hydrogens (tertiary/aromatic N) is 5. The summed E-state index contributed by atoms with van der Waals surface area (Å²) in [5, 5.41) is 2.38. The summed E-state index contributed by atoms with van der Waals surface area (Å²) in [6, 6.07) is 9.65. The molecule has 1 amide bonds. The lowest BCUT2D eigenvalue weighted by Crippen LogP contribution is -2.47. The number of benzene rings is 2. The van der Waals surface area contributed by atoms with E-state index >= 15 is 0 Å². The molecule has 0 bridgehead atoms. The molecule has 1 aliphatic rings. The third-order valence-corrected chi connectivity index (χ3v) is 6.48. The molecule has 37 heavy (non-hydrogen) atoms. The van der Waals surface area contributed by atoms with Gasteiger partial charge in [0, 0.05) is 68.3 Å². The molecule has 8 nitrogen and oxygen atoms in total. The van der Waals surface area contributed by atoms with E-state index in [1.807, 2.05) is 55.1 Å². The number of rotatable bonds is 6. The molecule has 3 heterocycles. The van der Waals surface area contributed by atoms with Gasteiger partial charge in [0.05, 0.1) is 5.48 Å². The maximum atomic E-state index is 13.4. The average Bonchev–Trinajstić information content (AvgIpc) is 3.28. The quantitative estimate of drug-likeness (QED) is 0.316. The Hall–Kier alpha value is -4.46. The van der Waals surface area contributed by atoms with Crippen LogP contribution >= 0.6 is 0 Å². The Balaban J connectivity index is 1.38. The average molecular weight is 499 g/mol. The number of aryl methyl sites for hydroxylation is 2. The molecule has 1 aliphatic heterocycles. The molecule has 0 spiro atoms. The lowest BCUT2D eigenvalue weighted by molar-refractivity contribution is -0.112. The molecule has 188 valence electrons. The normalized spacial score (nSPS) is 15.0. The van der Waals surface area contributed by atoms with Gasteiger partial charge in [-0.05, 0) is 55.2 Å². The van der Waals surface area contributed by atoms with Crippen molar-refractivity contribution in [3.63, 3.8) is 0 Å². The molecular formula is C29H30N6O2. The van der Waals surface area contributed by atoms with E-state index in [9.17, 15) is 9.59 Å². The summed E-state index contributed by atoms with van der Waals surface area (Å²) in [5.74, 6) is -1.28. The smallest absolute Gasteiger partial charge is 0.298 e. The Morgan fingerprint density at radius 1 is 0.919 bits per heavy atom. The number of Topliss-reactive ketones (excluding diaryl/α,β-unsaturated/α-hetero) is 1. The number of amides is 1. The van der Waals surface area contributed by atoms with Crippen molar-refractivity contribution in [2.24, 2.45) is 7.05 Å². The van der Waals surface area contributed by atoms with Gasteiger partial charge in [0.25, 0.3) is 11.7 Å². The topological polar surface area (TPSA) is 83.4 Å². The zero-order valence-corrected chi connectivity index (χ0v) is 21.0. The molecule has 1 fully saturated rings. The second kappa shape index (κ2) is 10.3. The lowest BCUT2D eigenvalue weighted by Gasteiger charge is -2.36. The lowest BCUT2D eigenvalue weighted by atomic mass is 10.0. The Labute approximate surface area is 222 Å². The first-order valence-electron chi connectivity index (χ1n) is 14.0. The monoisotopic (exact) mass is 498 g/mol. The van der Waals surface area contributed by atoms with Crippen molar-refractivity contribution < 1.29 is 15.1 Å². The number of nitrogens with one attached hydrogen (secondary N) is 1. The molecule has 8 heteroatoms. The molecule has 2 aromatic carbocycles. The van der Waals surface area contributed by atoms with Crippen LogP contribution in [0.1, 0.15) is 27.2 Å². The van der Waals surface area contributed by atoms with Crippen LogP contribution in [0.2, 0.25) is 0 Å². The second-order valence-electron chi connectivity index (χ2n) is 9.01. The van der Waals surface area contributed by atoms with E-state index in [-0.39, 0.29) is 29.2 Å². The molecule has 4 aromatic rings. The van der Waals surface area contributed by atoms with Gasteiger partial charge in [-0.25, -0.2) is 9.97 Å². The molecule has 0 radical (unpaired) electrons. The highest BCUT2D eigenvalue weighted by Crippen LogP contribution is 2.28. The number of ketones is 1. The summed E-state index contributed by atoms with van der Waals surface area (Å²) in [5.41, 5.74) is 3.10. The summed E-state index contributed by atoms with van der Waals surface area (Å²) >= 11 is 0. The largest absolute Gasteiger partial charge is 0.368 e. The Kier molecular flexibility index (Phi) is 5.46. The minimum atomic E-state index is -1.04. The van der Waals surface area contributed by atoms with Gasteiger partial charge in [0.1, 0.15) is 5.69 Å². The highest BCUT2D eigenvalue weighted by Gasteiger charge is 2.25. The van der Waals surface area contributed by atoms with Gasteiger partial charge in [-0.1, -0.05) is 30.3 Å². The molecule has 2 aromatic heterocycles. The summed E-state index contributed by atoms with van der Waals surface area (Å²) < 4.78 is 36.0. The van der Waals surface area contributed by atoms with E-state index < -0.39 is 23.8 Å². The molecule has 0 aliphatic carbocycles.